The third kappa shape index (κ3) is 7.84. The van der Waals surface area contributed by atoms with Crippen molar-refractivity contribution in [2.75, 3.05) is 32.7 Å². The molecule has 0 aliphatic carbocycles. The van der Waals surface area contributed by atoms with Gasteiger partial charge in [0.1, 0.15) is 17.0 Å². The maximum absolute atomic E-state index is 12.6. The minimum atomic E-state index is -2.02. The fourth-order valence-corrected chi connectivity index (χ4v) is 5.48. The van der Waals surface area contributed by atoms with Gasteiger partial charge in [-0.15, -0.1) is 0 Å². The van der Waals surface area contributed by atoms with E-state index in [9.17, 15) is 9.90 Å². The van der Waals surface area contributed by atoms with Crippen LogP contribution >= 0.6 is 0 Å². The molecular weight excluding hydrogens is 492 g/mol. The van der Waals surface area contributed by atoms with E-state index >= 15 is 0 Å². The summed E-state index contributed by atoms with van der Waals surface area (Å²) in [7, 11) is -2.02. The Morgan fingerprint density at radius 2 is 1.55 bits per heavy atom. The first-order valence-corrected chi connectivity index (χ1v) is 16.8. The molecule has 1 N–H and O–H groups in total. The fraction of sp³-hybridized carbons (Fsp3) is 0.581. The monoisotopic (exact) mass is 540 g/mol. The molecule has 1 atom stereocenters. The van der Waals surface area contributed by atoms with Crippen molar-refractivity contribution in [1.82, 2.24) is 9.80 Å². The zero-order valence-electron chi connectivity index (χ0n) is 24.7. The predicted octanol–water partition coefficient (Wildman–Crippen LogP) is 6.64. The Hall–Kier alpha value is -2.35. The second-order valence-corrected chi connectivity index (χ2v) is 17.8. The average molecular weight is 541 g/mol. The smallest absolute Gasteiger partial charge is 0.410 e. The number of nitrogens with zero attached hydrogens (tertiary/aromatic N) is 2. The van der Waals surface area contributed by atoms with Crippen LogP contribution in [0.1, 0.15) is 65.5 Å². The van der Waals surface area contributed by atoms with Crippen LogP contribution in [-0.2, 0) is 10.3 Å². The van der Waals surface area contributed by atoms with Crippen LogP contribution in [-0.4, -0.2) is 67.6 Å². The summed E-state index contributed by atoms with van der Waals surface area (Å²) >= 11 is 0. The molecule has 1 saturated heterocycles. The number of ether oxygens (including phenoxy) is 1. The Morgan fingerprint density at radius 1 is 0.895 bits per heavy atom. The highest BCUT2D eigenvalue weighted by Gasteiger charge is 2.39. The summed E-state index contributed by atoms with van der Waals surface area (Å²) in [4.78, 5) is 16.7. The molecule has 1 aliphatic heterocycles. The van der Waals surface area contributed by atoms with Crippen molar-refractivity contribution in [2.24, 2.45) is 0 Å². The van der Waals surface area contributed by atoms with Crippen LogP contribution in [0.5, 0.6) is 5.75 Å². The van der Waals surface area contributed by atoms with E-state index in [4.69, 9.17) is 9.16 Å². The Labute approximate surface area is 231 Å². The summed E-state index contributed by atoms with van der Waals surface area (Å²) in [6.45, 7) is 20.5. The molecule has 210 valence electrons. The Balaban J connectivity index is 1.78. The van der Waals surface area contributed by atoms with Crippen molar-refractivity contribution in [1.29, 1.82) is 0 Å². The van der Waals surface area contributed by atoms with E-state index in [0.717, 1.165) is 36.4 Å². The molecular formula is C31H48N2O4Si. The number of hydrogen-bond donors (Lipinski definition) is 1. The molecule has 0 spiro atoms. The number of hydrogen-bond acceptors (Lipinski definition) is 5. The first-order valence-electron chi connectivity index (χ1n) is 13.9. The normalized spacial score (nSPS) is 17.4. The second kappa shape index (κ2) is 11.8. The van der Waals surface area contributed by atoms with Crippen LogP contribution in [0.2, 0.25) is 18.1 Å². The zero-order chi connectivity index (χ0) is 28.2. The van der Waals surface area contributed by atoms with Gasteiger partial charge in [0, 0.05) is 26.2 Å². The van der Waals surface area contributed by atoms with Crippen molar-refractivity contribution < 1.29 is 19.1 Å². The maximum Gasteiger partial charge on any atom is 0.410 e. The topological polar surface area (TPSA) is 62.2 Å². The number of amides is 1. The highest BCUT2D eigenvalue weighted by Crippen LogP contribution is 2.39. The number of aliphatic hydroxyl groups is 1. The lowest BCUT2D eigenvalue weighted by atomic mass is 9.83. The minimum absolute atomic E-state index is 0.0820. The molecule has 1 aliphatic rings. The van der Waals surface area contributed by atoms with E-state index in [1.165, 1.54) is 0 Å². The van der Waals surface area contributed by atoms with E-state index in [0.29, 0.717) is 26.1 Å². The van der Waals surface area contributed by atoms with Crippen LogP contribution in [0.15, 0.2) is 54.6 Å². The highest BCUT2D eigenvalue weighted by molar-refractivity contribution is 6.74. The molecule has 7 heteroatoms. The average Bonchev–Trinajstić information content (AvgIpc) is 3.07. The summed E-state index contributed by atoms with van der Waals surface area (Å²) in [5.74, 6) is 0.811. The molecule has 1 amide bonds. The first kappa shape index (κ1) is 30.2. The van der Waals surface area contributed by atoms with Crippen LogP contribution in [0, 0.1) is 0 Å². The number of benzene rings is 2. The SMILES string of the molecule is CC(C)(C)OC(=O)N1CCCN(CCC(O)(c2ccccc2)c2cccc(O[Si](C)(C)C(C)(C)C)c2)CC1. The summed E-state index contributed by atoms with van der Waals surface area (Å²) in [5.41, 5.74) is 0.0448. The van der Waals surface area contributed by atoms with E-state index in [1.54, 1.807) is 4.90 Å². The van der Waals surface area contributed by atoms with Crippen molar-refractivity contribution in [3.8, 4) is 5.75 Å². The van der Waals surface area contributed by atoms with Crippen LogP contribution < -0.4 is 4.43 Å². The van der Waals surface area contributed by atoms with Gasteiger partial charge in [0.2, 0.25) is 8.32 Å². The van der Waals surface area contributed by atoms with Gasteiger partial charge < -0.3 is 24.1 Å². The molecule has 3 rings (SSSR count). The molecule has 0 saturated carbocycles. The van der Waals surface area contributed by atoms with Gasteiger partial charge in [0.05, 0.1) is 0 Å². The standard InChI is InChI=1S/C31H48N2O4Si/c1-29(2,3)36-28(34)33-20-13-19-32(22-23-33)21-18-31(35,25-14-10-9-11-15-25)26-16-12-17-27(24-26)37-38(7,8)30(4,5)6/h9-12,14-17,24,35H,13,18-23H2,1-8H3. The molecule has 0 bridgehead atoms. The third-order valence-corrected chi connectivity index (χ3v) is 12.1. The molecule has 0 radical (unpaired) electrons. The largest absolute Gasteiger partial charge is 0.543 e. The van der Waals surface area contributed by atoms with Crippen molar-refractivity contribution in [2.45, 2.75) is 83.7 Å². The quantitative estimate of drug-likeness (QED) is 0.399. The van der Waals surface area contributed by atoms with Crippen LogP contribution in [0.3, 0.4) is 0 Å². The van der Waals surface area contributed by atoms with Gasteiger partial charge in [0.15, 0.2) is 0 Å². The van der Waals surface area contributed by atoms with E-state index in [-0.39, 0.29) is 11.1 Å². The van der Waals surface area contributed by atoms with Gasteiger partial charge in [-0.3, -0.25) is 0 Å². The summed E-state index contributed by atoms with van der Waals surface area (Å²) in [6, 6.07) is 17.9. The fourth-order valence-electron chi connectivity index (χ4n) is 4.46. The lowest BCUT2D eigenvalue weighted by Gasteiger charge is -2.37. The van der Waals surface area contributed by atoms with Gasteiger partial charge in [-0.2, -0.15) is 0 Å². The van der Waals surface area contributed by atoms with Crippen LogP contribution in [0.25, 0.3) is 0 Å². The Bertz CT molecular complexity index is 1060. The van der Waals surface area contributed by atoms with Gasteiger partial charge >= 0.3 is 6.09 Å². The predicted molar refractivity (Wildman–Crippen MR) is 157 cm³/mol. The minimum Gasteiger partial charge on any atom is -0.543 e. The van der Waals surface area contributed by atoms with Crippen molar-refractivity contribution in [3.05, 3.63) is 65.7 Å². The molecule has 2 aromatic carbocycles. The Kier molecular flexibility index (Phi) is 9.38. The lowest BCUT2D eigenvalue weighted by Crippen LogP contribution is -2.44. The van der Waals surface area contributed by atoms with Crippen molar-refractivity contribution in [3.63, 3.8) is 0 Å². The zero-order valence-corrected chi connectivity index (χ0v) is 25.7. The first-order chi connectivity index (χ1) is 17.6. The van der Waals surface area contributed by atoms with Gasteiger partial charge in [-0.05, 0) is 81.5 Å². The molecule has 38 heavy (non-hydrogen) atoms. The summed E-state index contributed by atoms with van der Waals surface area (Å²) in [5, 5.41) is 12.3. The molecule has 0 aromatic heterocycles. The van der Waals surface area contributed by atoms with E-state index in [2.05, 4.69) is 38.8 Å². The van der Waals surface area contributed by atoms with Crippen LogP contribution in [0.4, 0.5) is 4.79 Å². The van der Waals surface area contributed by atoms with Crippen molar-refractivity contribution >= 4 is 14.4 Å². The molecule has 1 fully saturated rings. The maximum atomic E-state index is 12.6. The lowest BCUT2D eigenvalue weighted by molar-refractivity contribution is 0.0252. The number of rotatable bonds is 7. The molecule has 2 aromatic rings. The molecule has 1 heterocycles. The highest BCUT2D eigenvalue weighted by atomic mass is 28.4. The number of carbonyl (C=O) groups is 1. The second-order valence-electron chi connectivity index (χ2n) is 13.0. The summed E-state index contributed by atoms with van der Waals surface area (Å²) in [6.07, 6.45) is 1.16. The molecule has 6 nitrogen and oxygen atoms in total. The Morgan fingerprint density at radius 3 is 2.18 bits per heavy atom. The van der Waals surface area contributed by atoms with Gasteiger partial charge in [-0.1, -0.05) is 63.2 Å². The van der Waals surface area contributed by atoms with E-state index in [1.807, 2.05) is 75.4 Å². The van der Waals surface area contributed by atoms with Gasteiger partial charge in [-0.25, -0.2) is 4.79 Å². The van der Waals surface area contributed by atoms with Gasteiger partial charge in [0.25, 0.3) is 0 Å². The third-order valence-electron chi connectivity index (χ3n) is 7.77. The van der Waals surface area contributed by atoms with E-state index < -0.39 is 19.5 Å². The summed E-state index contributed by atoms with van der Waals surface area (Å²) < 4.78 is 12.2. The molecule has 1 unspecified atom stereocenters. The number of carbonyl (C=O) groups excluding carboxylic acids is 1.